The highest BCUT2D eigenvalue weighted by molar-refractivity contribution is 7.91. The number of hydrogen-bond donors (Lipinski definition) is 0. The summed E-state index contributed by atoms with van der Waals surface area (Å²) in [5.41, 5.74) is 0. The van der Waals surface area contributed by atoms with E-state index in [1.165, 1.54) is 0 Å². The summed E-state index contributed by atoms with van der Waals surface area (Å²) in [5, 5.41) is 0.0438. The molecule has 1 rings (SSSR count). The zero-order chi connectivity index (χ0) is 10.8. The van der Waals surface area contributed by atoms with Crippen molar-refractivity contribution in [3.8, 4) is 0 Å². The standard InChI is InChI=1S/C10H19ClO2S/c1-3-8(4-2)10(11)9-5-6-14(12,13)7-9/h8-10H,3-7H2,1-2H3. The van der Waals surface area contributed by atoms with Gasteiger partial charge in [-0.05, 0) is 18.3 Å². The van der Waals surface area contributed by atoms with Crippen LogP contribution in [0, 0.1) is 11.8 Å². The lowest BCUT2D eigenvalue weighted by Crippen LogP contribution is -2.24. The van der Waals surface area contributed by atoms with E-state index in [1.54, 1.807) is 0 Å². The number of halogens is 1. The normalized spacial score (nSPS) is 28.1. The molecule has 0 saturated carbocycles. The van der Waals surface area contributed by atoms with Crippen LogP contribution in [0.1, 0.15) is 33.1 Å². The van der Waals surface area contributed by atoms with Gasteiger partial charge in [0.15, 0.2) is 9.84 Å². The van der Waals surface area contributed by atoms with Crippen LogP contribution < -0.4 is 0 Å². The molecule has 0 radical (unpaired) electrons. The molecule has 0 aliphatic carbocycles. The maximum Gasteiger partial charge on any atom is 0.150 e. The second-order valence-electron chi connectivity index (χ2n) is 4.18. The predicted molar refractivity (Wildman–Crippen MR) is 60.5 cm³/mol. The van der Waals surface area contributed by atoms with Gasteiger partial charge in [-0.25, -0.2) is 8.42 Å². The third-order valence-electron chi connectivity index (χ3n) is 3.22. The van der Waals surface area contributed by atoms with E-state index in [1.807, 2.05) is 0 Å². The molecule has 1 aliphatic heterocycles. The van der Waals surface area contributed by atoms with Gasteiger partial charge in [-0.2, -0.15) is 0 Å². The largest absolute Gasteiger partial charge is 0.229 e. The molecule has 0 spiro atoms. The van der Waals surface area contributed by atoms with Gasteiger partial charge in [-0.1, -0.05) is 26.7 Å². The maximum atomic E-state index is 11.3. The van der Waals surface area contributed by atoms with E-state index < -0.39 is 9.84 Å². The van der Waals surface area contributed by atoms with Crippen LogP contribution in [0.2, 0.25) is 0 Å². The molecule has 1 saturated heterocycles. The van der Waals surface area contributed by atoms with E-state index in [9.17, 15) is 8.42 Å². The lowest BCUT2D eigenvalue weighted by atomic mass is 9.90. The summed E-state index contributed by atoms with van der Waals surface area (Å²) < 4.78 is 22.6. The van der Waals surface area contributed by atoms with Gasteiger partial charge >= 0.3 is 0 Å². The smallest absolute Gasteiger partial charge is 0.150 e. The molecule has 0 aromatic carbocycles. The Morgan fingerprint density at radius 2 is 1.93 bits per heavy atom. The Labute approximate surface area is 91.9 Å². The van der Waals surface area contributed by atoms with Gasteiger partial charge in [-0.3, -0.25) is 0 Å². The first-order chi connectivity index (χ1) is 6.50. The zero-order valence-electron chi connectivity index (χ0n) is 8.87. The second-order valence-corrected chi connectivity index (χ2v) is 6.92. The summed E-state index contributed by atoms with van der Waals surface area (Å²) in [6, 6.07) is 0. The number of hydrogen-bond acceptors (Lipinski definition) is 2. The molecule has 14 heavy (non-hydrogen) atoms. The highest BCUT2D eigenvalue weighted by Gasteiger charge is 2.35. The van der Waals surface area contributed by atoms with Crippen molar-refractivity contribution in [2.75, 3.05) is 11.5 Å². The zero-order valence-corrected chi connectivity index (χ0v) is 10.4. The minimum atomic E-state index is -2.77. The third kappa shape index (κ3) is 2.86. The Hall–Kier alpha value is 0.240. The number of alkyl halides is 1. The molecule has 4 heteroatoms. The van der Waals surface area contributed by atoms with Crippen molar-refractivity contribution in [1.82, 2.24) is 0 Å². The maximum absolute atomic E-state index is 11.3. The van der Waals surface area contributed by atoms with Crippen molar-refractivity contribution in [2.24, 2.45) is 11.8 Å². The first-order valence-corrected chi connectivity index (χ1v) is 7.60. The fourth-order valence-electron chi connectivity index (χ4n) is 2.20. The molecular formula is C10H19ClO2S. The van der Waals surface area contributed by atoms with Crippen LogP contribution >= 0.6 is 11.6 Å². The summed E-state index contributed by atoms with van der Waals surface area (Å²) in [5.74, 6) is 1.29. The molecule has 0 amide bonds. The monoisotopic (exact) mass is 238 g/mol. The van der Waals surface area contributed by atoms with Gasteiger partial charge in [0.25, 0.3) is 0 Å². The Morgan fingerprint density at radius 3 is 2.29 bits per heavy atom. The van der Waals surface area contributed by atoms with Crippen molar-refractivity contribution in [2.45, 2.75) is 38.5 Å². The first-order valence-electron chi connectivity index (χ1n) is 5.34. The topological polar surface area (TPSA) is 34.1 Å². The fraction of sp³-hybridized carbons (Fsp3) is 1.00. The Balaban J connectivity index is 2.58. The van der Waals surface area contributed by atoms with Crippen LogP contribution in [0.15, 0.2) is 0 Å². The van der Waals surface area contributed by atoms with E-state index in [2.05, 4.69) is 13.8 Å². The minimum Gasteiger partial charge on any atom is -0.229 e. The van der Waals surface area contributed by atoms with E-state index in [4.69, 9.17) is 11.6 Å². The molecule has 2 unspecified atom stereocenters. The highest BCUT2D eigenvalue weighted by atomic mass is 35.5. The summed E-state index contributed by atoms with van der Waals surface area (Å²) in [6.07, 6.45) is 2.84. The van der Waals surface area contributed by atoms with Crippen molar-refractivity contribution < 1.29 is 8.42 Å². The van der Waals surface area contributed by atoms with Gasteiger partial charge < -0.3 is 0 Å². The van der Waals surface area contributed by atoms with E-state index in [-0.39, 0.29) is 11.3 Å². The summed E-state index contributed by atoms with van der Waals surface area (Å²) in [4.78, 5) is 0. The lowest BCUT2D eigenvalue weighted by molar-refractivity contribution is 0.384. The minimum absolute atomic E-state index is 0.0438. The summed E-state index contributed by atoms with van der Waals surface area (Å²) in [6.45, 7) is 4.24. The molecule has 1 aliphatic rings. The van der Waals surface area contributed by atoms with Crippen molar-refractivity contribution >= 4 is 21.4 Å². The van der Waals surface area contributed by atoms with E-state index >= 15 is 0 Å². The Kier molecular flexibility index (Phi) is 4.26. The van der Waals surface area contributed by atoms with Crippen molar-refractivity contribution in [1.29, 1.82) is 0 Å². The van der Waals surface area contributed by atoms with Crippen LogP contribution in [0.3, 0.4) is 0 Å². The predicted octanol–water partition coefficient (Wildman–Crippen LogP) is 2.46. The molecule has 2 atom stereocenters. The Morgan fingerprint density at radius 1 is 1.36 bits per heavy atom. The molecular weight excluding hydrogens is 220 g/mol. The van der Waals surface area contributed by atoms with Crippen LogP contribution in [-0.2, 0) is 9.84 Å². The SMILES string of the molecule is CCC(CC)C(Cl)C1CCS(=O)(=O)C1. The van der Waals surface area contributed by atoms with E-state index in [0.717, 1.165) is 19.3 Å². The lowest BCUT2D eigenvalue weighted by Gasteiger charge is -2.23. The molecule has 1 fully saturated rings. The average molecular weight is 239 g/mol. The van der Waals surface area contributed by atoms with Gasteiger partial charge in [0.05, 0.1) is 11.5 Å². The van der Waals surface area contributed by atoms with Crippen LogP contribution in [0.25, 0.3) is 0 Å². The van der Waals surface area contributed by atoms with Gasteiger partial charge in [0.1, 0.15) is 0 Å². The Bertz CT molecular complexity index is 270. The number of sulfone groups is 1. The molecule has 1 heterocycles. The van der Waals surface area contributed by atoms with Gasteiger partial charge in [-0.15, -0.1) is 11.6 Å². The highest BCUT2D eigenvalue weighted by Crippen LogP contribution is 2.32. The number of rotatable bonds is 4. The van der Waals surface area contributed by atoms with Gasteiger partial charge in [0, 0.05) is 5.38 Å². The van der Waals surface area contributed by atoms with Gasteiger partial charge in [0.2, 0.25) is 0 Å². The molecule has 84 valence electrons. The quantitative estimate of drug-likeness (QED) is 0.706. The first kappa shape index (κ1) is 12.3. The molecule has 0 N–H and O–H groups in total. The molecule has 0 bridgehead atoms. The molecule has 0 aromatic heterocycles. The van der Waals surface area contributed by atoms with Crippen LogP contribution in [0.5, 0.6) is 0 Å². The van der Waals surface area contributed by atoms with Crippen LogP contribution in [0.4, 0.5) is 0 Å². The molecule has 2 nitrogen and oxygen atoms in total. The second kappa shape index (κ2) is 4.84. The third-order valence-corrected chi connectivity index (χ3v) is 5.72. The van der Waals surface area contributed by atoms with Crippen molar-refractivity contribution in [3.05, 3.63) is 0 Å². The van der Waals surface area contributed by atoms with Crippen molar-refractivity contribution in [3.63, 3.8) is 0 Å². The van der Waals surface area contributed by atoms with Crippen LogP contribution in [-0.4, -0.2) is 25.3 Å². The summed E-state index contributed by atoms with van der Waals surface area (Å²) >= 11 is 6.32. The van der Waals surface area contributed by atoms with E-state index in [0.29, 0.717) is 17.4 Å². The summed E-state index contributed by atoms with van der Waals surface area (Å²) in [7, 11) is -2.77. The molecule has 0 aromatic rings. The fourth-order valence-corrected chi connectivity index (χ4v) is 4.73. The average Bonchev–Trinajstić information content (AvgIpc) is 2.48.